The van der Waals surface area contributed by atoms with Crippen LogP contribution in [-0.4, -0.2) is 23.5 Å². The molecule has 3 nitrogen and oxygen atoms in total. The van der Waals surface area contributed by atoms with Gasteiger partial charge in [-0.1, -0.05) is 18.0 Å². The number of halogens is 1. The molecular weight excluding hydrogens is 268 g/mol. The van der Waals surface area contributed by atoms with Gasteiger partial charge in [-0.3, -0.25) is 4.79 Å². The quantitative estimate of drug-likeness (QED) is 0.836. The van der Waals surface area contributed by atoms with Gasteiger partial charge in [-0.2, -0.15) is 11.8 Å². The third-order valence-electron chi connectivity index (χ3n) is 3.50. The maximum absolute atomic E-state index is 12.1. The van der Waals surface area contributed by atoms with Crippen LogP contribution in [0.3, 0.4) is 0 Å². The van der Waals surface area contributed by atoms with E-state index in [9.17, 15) is 4.79 Å². The normalized spacial score (nSPS) is 17.0. The molecule has 1 aromatic rings. The number of nitrogens with two attached hydrogens (primary N) is 1. The number of hydrogen-bond donors (Lipinski definition) is 2. The number of hydrogen-bond acceptors (Lipinski definition) is 3. The average molecular weight is 285 g/mol. The Bertz CT molecular complexity index is 455. The van der Waals surface area contributed by atoms with E-state index in [0.717, 1.165) is 0 Å². The second kappa shape index (κ2) is 5.41. The van der Waals surface area contributed by atoms with Crippen LogP contribution < -0.4 is 11.1 Å². The van der Waals surface area contributed by atoms with Gasteiger partial charge in [-0.15, -0.1) is 0 Å². The fourth-order valence-electron chi connectivity index (χ4n) is 2.08. The molecule has 0 bridgehead atoms. The minimum atomic E-state index is -0.146. The molecular formula is C13H17ClN2OS. The van der Waals surface area contributed by atoms with Gasteiger partial charge in [0, 0.05) is 17.0 Å². The Labute approximate surface area is 116 Å². The Morgan fingerprint density at radius 1 is 1.56 bits per heavy atom. The molecule has 1 amide bonds. The lowest BCUT2D eigenvalue weighted by atomic mass is 9.84. The predicted octanol–water partition coefficient (Wildman–Crippen LogP) is 2.94. The molecule has 1 aliphatic rings. The van der Waals surface area contributed by atoms with E-state index in [2.05, 4.69) is 11.6 Å². The monoisotopic (exact) mass is 284 g/mol. The summed E-state index contributed by atoms with van der Waals surface area (Å²) >= 11 is 7.83. The van der Waals surface area contributed by atoms with Crippen LogP contribution >= 0.6 is 23.4 Å². The Hall–Kier alpha value is -0.870. The van der Waals surface area contributed by atoms with Crippen LogP contribution in [0.25, 0.3) is 0 Å². The molecule has 2 rings (SSSR count). The van der Waals surface area contributed by atoms with Gasteiger partial charge < -0.3 is 11.1 Å². The van der Waals surface area contributed by atoms with E-state index in [1.807, 2.05) is 11.8 Å². The van der Waals surface area contributed by atoms with Gasteiger partial charge in [-0.25, -0.2) is 0 Å². The van der Waals surface area contributed by atoms with Crippen molar-refractivity contribution in [2.45, 2.75) is 24.0 Å². The highest BCUT2D eigenvalue weighted by Crippen LogP contribution is 2.42. The minimum absolute atomic E-state index is 0.146. The third-order valence-corrected chi connectivity index (χ3v) is 5.25. The van der Waals surface area contributed by atoms with Crippen molar-refractivity contribution in [1.82, 2.24) is 5.32 Å². The Kier molecular flexibility index (Phi) is 4.07. The highest BCUT2D eigenvalue weighted by atomic mass is 35.5. The van der Waals surface area contributed by atoms with Crippen molar-refractivity contribution in [2.24, 2.45) is 0 Å². The Morgan fingerprint density at radius 2 is 2.28 bits per heavy atom. The number of benzene rings is 1. The fraction of sp³-hybridized carbons (Fsp3) is 0.462. The summed E-state index contributed by atoms with van der Waals surface area (Å²) in [5, 5.41) is 3.40. The predicted molar refractivity (Wildman–Crippen MR) is 78.3 cm³/mol. The largest absolute Gasteiger partial charge is 0.399 e. The van der Waals surface area contributed by atoms with Crippen molar-refractivity contribution in [2.75, 3.05) is 18.5 Å². The number of nitrogen functional groups attached to an aromatic ring is 1. The van der Waals surface area contributed by atoms with E-state index >= 15 is 0 Å². The van der Waals surface area contributed by atoms with Crippen LogP contribution in [0.2, 0.25) is 5.02 Å². The molecule has 0 aromatic heterocycles. The van der Waals surface area contributed by atoms with Crippen LogP contribution in [-0.2, 0) is 0 Å². The van der Waals surface area contributed by atoms with E-state index in [1.165, 1.54) is 19.3 Å². The molecule has 0 unspecified atom stereocenters. The van der Waals surface area contributed by atoms with Gasteiger partial charge in [0.15, 0.2) is 0 Å². The first-order chi connectivity index (χ1) is 8.56. The maximum atomic E-state index is 12.1. The Balaban J connectivity index is 2.01. The number of thioether (sulfide) groups is 1. The summed E-state index contributed by atoms with van der Waals surface area (Å²) in [5.74, 6) is -0.146. The van der Waals surface area contributed by atoms with Gasteiger partial charge >= 0.3 is 0 Å². The van der Waals surface area contributed by atoms with Crippen molar-refractivity contribution in [3.63, 3.8) is 0 Å². The molecule has 98 valence electrons. The maximum Gasteiger partial charge on any atom is 0.252 e. The molecule has 0 aliphatic heterocycles. The molecule has 1 aliphatic carbocycles. The minimum Gasteiger partial charge on any atom is -0.399 e. The fourth-order valence-corrected chi connectivity index (χ4v) is 3.19. The third kappa shape index (κ3) is 2.75. The lowest BCUT2D eigenvalue weighted by Gasteiger charge is -2.40. The molecule has 1 aromatic carbocycles. The molecule has 0 atom stereocenters. The summed E-state index contributed by atoms with van der Waals surface area (Å²) in [7, 11) is 0. The van der Waals surface area contributed by atoms with Crippen LogP contribution in [0.15, 0.2) is 18.2 Å². The smallest absolute Gasteiger partial charge is 0.252 e. The number of rotatable bonds is 4. The van der Waals surface area contributed by atoms with Crippen molar-refractivity contribution in [3.05, 3.63) is 28.8 Å². The standard InChI is InChI=1S/C13H17ClN2OS/c1-18-13(5-2-6-13)8-16-12(17)10-7-9(15)3-4-11(10)14/h3-4,7H,2,5-6,8,15H2,1H3,(H,16,17). The zero-order chi connectivity index (χ0) is 13.2. The van der Waals surface area contributed by atoms with Crippen molar-refractivity contribution >= 4 is 35.0 Å². The second-order valence-electron chi connectivity index (χ2n) is 4.66. The molecule has 0 spiro atoms. The first-order valence-electron chi connectivity index (χ1n) is 5.95. The topological polar surface area (TPSA) is 55.1 Å². The summed E-state index contributed by atoms with van der Waals surface area (Å²) in [5.41, 5.74) is 6.67. The lowest BCUT2D eigenvalue weighted by Crippen LogP contribution is -2.45. The van der Waals surface area contributed by atoms with E-state index in [0.29, 0.717) is 22.8 Å². The van der Waals surface area contributed by atoms with E-state index in [-0.39, 0.29) is 10.7 Å². The number of carbonyl (C=O) groups excluding carboxylic acids is 1. The van der Waals surface area contributed by atoms with E-state index < -0.39 is 0 Å². The van der Waals surface area contributed by atoms with Crippen LogP contribution in [0.4, 0.5) is 5.69 Å². The first kappa shape index (κ1) is 13.6. The van der Waals surface area contributed by atoms with Crippen LogP contribution in [0.5, 0.6) is 0 Å². The van der Waals surface area contributed by atoms with Crippen LogP contribution in [0.1, 0.15) is 29.6 Å². The van der Waals surface area contributed by atoms with Crippen molar-refractivity contribution in [3.8, 4) is 0 Å². The molecule has 1 saturated carbocycles. The first-order valence-corrected chi connectivity index (χ1v) is 7.55. The molecule has 18 heavy (non-hydrogen) atoms. The van der Waals surface area contributed by atoms with Gasteiger partial charge in [0.1, 0.15) is 0 Å². The second-order valence-corrected chi connectivity index (χ2v) is 6.34. The highest BCUT2D eigenvalue weighted by molar-refractivity contribution is 8.00. The number of anilines is 1. The van der Waals surface area contributed by atoms with Gasteiger partial charge in [0.2, 0.25) is 0 Å². The summed E-state index contributed by atoms with van der Waals surface area (Å²) in [6.45, 7) is 0.693. The summed E-state index contributed by atoms with van der Waals surface area (Å²) < 4.78 is 0.225. The molecule has 5 heteroatoms. The molecule has 0 saturated heterocycles. The number of amides is 1. The zero-order valence-electron chi connectivity index (χ0n) is 10.3. The SMILES string of the molecule is CSC1(CNC(=O)c2cc(N)ccc2Cl)CCC1. The molecule has 0 radical (unpaired) electrons. The molecule has 0 heterocycles. The number of nitrogens with one attached hydrogen (secondary N) is 1. The zero-order valence-corrected chi connectivity index (χ0v) is 11.9. The number of carbonyl (C=O) groups is 1. The van der Waals surface area contributed by atoms with Crippen molar-refractivity contribution < 1.29 is 4.79 Å². The van der Waals surface area contributed by atoms with E-state index in [1.54, 1.807) is 18.2 Å². The van der Waals surface area contributed by atoms with Gasteiger partial charge in [-0.05, 0) is 37.3 Å². The van der Waals surface area contributed by atoms with Crippen LogP contribution in [0, 0.1) is 0 Å². The van der Waals surface area contributed by atoms with Gasteiger partial charge in [0.05, 0.1) is 10.6 Å². The van der Waals surface area contributed by atoms with E-state index in [4.69, 9.17) is 17.3 Å². The summed E-state index contributed by atoms with van der Waals surface area (Å²) in [6.07, 6.45) is 5.67. The summed E-state index contributed by atoms with van der Waals surface area (Å²) in [6, 6.07) is 4.96. The van der Waals surface area contributed by atoms with Crippen molar-refractivity contribution in [1.29, 1.82) is 0 Å². The lowest BCUT2D eigenvalue weighted by molar-refractivity contribution is 0.0944. The average Bonchev–Trinajstić information content (AvgIpc) is 2.31. The molecule has 1 fully saturated rings. The highest BCUT2D eigenvalue weighted by Gasteiger charge is 2.36. The molecule has 3 N–H and O–H groups in total. The summed E-state index contributed by atoms with van der Waals surface area (Å²) in [4.78, 5) is 12.1. The van der Waals surface area contributed by atoms with Gasteiger partial charge in [0.25, 0.3) is 5.91 Å². The Morgan fingerprint density at radius 3 is 2.83 bits per heavy atom.